The Labute approximate surface area is 116 Å². The fraction of sp³-hybridized carbons (Fsp3) is 0.214. The SMILES string of the molecule is CCc1ccc(C(=O)/C=C\Sc2nncn2C)cc1. The maximum atomic E-state index is 11.9. The van der Waals surface area contributed by atoms with Gasteiger partial charge in [0.2, 0.25) is 0 Å². The number of allylic oxidation sites excluding steroid dienone is 1. The largest absolute Gasteiger partial charge is 0.312 e. The van der Waals surface area contributed by atoms with Crippen LogP contribution in [0.2, 0.25) is 0 Å². The number of thioether (sulfide) groups is 1. The zero-order valence-electron chi connectivity index (χ0n) is 10.9. The molecule has 0 atom stereocenters. The number of benzene rings is 1. The molecule has 19 heavy (non-hydrogen) atoms. The predicted octanol–water partition coefficient (Wildman–Crippen LogP) is 2.87. The standard InChI is InChI=1S/C14H15N3OS/c1-3-11-4-6-12(7-5-11)13(18)8-9-19-14-16-15-10-17(14)2/h4-10H,3H2,1-2H3/b9-8-. The van der Waals surface area contributed by atoms with E-state index in [0.29, 0.717) is 5.56 Å². The van der Waals surface area contributed by atoms with Crippen LogP contribution >= 0.6 is 11.8 Å². The van der Waals surface area contributed by atoms with Crippen LogP contribution < -0.4 is 0 Å². The van der Waals surface area contributed by atoms with Crippen molar-refractivity contribution in [1.82, 2.24) is 14.8 Å². The number of rotatable bonds is 5. The van der Waals surface area contributed by atoms with Gasteiger partial charge in [0.15, 0.2) is 10.9 Å². The summed E-state index contributed by atoms with van der Waals surface area (Å²) in [6.07, 6.45) is 4.16. The summed E-state index contributed by atoms with van der Waals surface area (Å²) in [5, 5.41) is 10.2. The number of hydrogen-bond donors (Lipinski definition) is 0. The van der Waals surface area contributed by atoms with Crippen molar-refractivity contribution in [3.63, 3.8) is 0 Å². The van der Waals surface area contributed by atoms with Crippen LogP contribution in [0.3, 0.4) is 0 Å². The van der Waals surface area contributed by atoms with Crippen molar-refractivity contribution in [2.45, 2.75) is 18.5 Å². The van der Waals surface area contributed by atoms with Crippen molar-refractivity contribution >= 4 is 17.5 Å². The second-order valence-corrected chi connectivity index (χ2v) is 4.93. The molecule has 0 aliphatic carbocycles. The molecule has 0 N–H and O–H groups in total. The Morgan fingerprint density at radius 3 is 2.68 bits per heavy atom. The van der Waals surface area contributed by atoms with Gasteiger partial charge in [-0.1, -0.05) is 43.0 Å². The first-order chi connectivity index (χ1) is 9.20. The maximum Gasteiger partial charge on any atom is 0.194 e. The monoisotopic (exact) mass is 273 g/mol. The lowest BCUT2D eigenvalue weighted by Gasteiger charge is -1.98. The average Bonchev–Trinajstić information content (AvgIpc) is 2.84. The van der Waals surface area contributed by atoms with E-state index in [1.807, 2.05) is 31.3 Å². The zero-order valence-corrected chi connectivity index (χ0v) is 11.7. The summed E-state index contributed by atoms with van der Waals surface area (Å²) < 4.78 is 1.80. The molecular formula is C14H15N3OS. The number of aromatic nitrogens is 3. The summed E-state index contributed by atoms with van der Waals surface area (Å²) in [7, 11) is 1.86. The van der Waals surface area contributed by atoms with Crippen molar-refractivity contribution in [1.29, 1.82) is 0 Å². The zero-order chi connectivity index (χ0) is 13.7. The highest BCUT2D eigenvalue weighted by atomic mass is 32.2. The van der Waals surface area contributed by atoms with E-state index in [0.717, 1.165) is 11.6 Å². The van der Waals surface area contributed by atoms with Gasteiger partial charge < -0.3 is 4.57 Å². The third-order valence-corrected chi connectivity index (χ3v) is 3.56. The van der Waals surface area contributed by atoms with Crippen LogP contribution in [0.4, 0.5) is 0 Å². The maximum absolute atomic E-state index is 11.9. The number of carbonyl (C=O) groups is 1. The van der Waals surface area contributed by atoms with Crippen LogP contribution in [0, 0.1) is 0 Å². The van der Waals surface area contributed by atoms with Crippen LogP contribution in [-0.2, 0) is 13.5 Å². The van der Waals surface area contributed by atoms with Gasteiger partial charge in [0.25, 0.3) is 0 Å². The molecule has 0 bridgehead atoms. The number of nitrogens with zero attached hydrogens (tertiary/aromatic N) is 3. The van der Waals surface area contributed by atoms with Crippen LogP contribution in [0.5, 0.6) is 0 Å². The van der Waals surface area contributed by atoms with Crippen molar-refractivity contribution in [2.24, 2.45) is 7.05 Å². The summed E-state index contributed by atoms with van der Waals surface area (Å²) in [4.78, 5) is 11.9. The number of carbonyl (C=O) groups excluding carboxylic acids is 1. The summed E-state index contributed by atoms with van der Waals surface area (Å²) in [6.45, 7) is 2.09. The van der Waals surface area contributed by atoms with E-state index in [2.05, 4.69) is 17.1 Å². The normalized spacial score (nSPS) is 11.1. The molecule has 98 valence electrons. The van der Waals surface area contributed by atoms with E-state index in [1.54, 1.807) is 22.4 Å². The molecule has 0 radical (unpaired) electrons. The summed E-state index contributed by atoms with van der Waals surface area (Å²) in [5.41, 5.74) is 1.93. The Hall–Kier alpha value is -1.88. The minimum absolute atomic E-state index is 0.00248. The Morgan fingerprint density at radius 2 is 2.11 bits per heavy atom. The molecule has 4 nitrogen and oxygen atoms in total. The molecule has 0 saturated heterocycles. The van der Waals surface area contributed by atoms with Gasteiger partial charge in [0.05, 0.1) is 0 Å². The molecule has 0 aliphatic rings. The summed E-state index contributed by atoms with van der Waals surface area (Å²) >= 11 is 1.37. The van der Waals surface area contributed by atoms with Gasteiger partial charge in [-0.3, -0.25) is 4.79 Å². The Bertz CT molecular complexity index is 587. The molecule has 2 rings (SSSR count). The highest BCUT2D eigenvalue weighted by molar-refractivity contribution is 8.02. The third-order valence-electron chi connectivity index (χ3n) is 2.71. The van der Waals surface area contributed by atoms with Gasteiger partial charge in [0.1, 0.15) is 6.33 Å². The first-order valence-electron chi connectivity index (χ1n) is 6.01. The summed E-state index contributed by atoms with van der Waals surface area (Å²) in [5.74, 6) is -0.00248. The van der Waals surface area contributed by atoms with Crippen molar-refractivity contribution in [3.8, 4) is 0 Å². The van der Waals surface area contributed by atoms with Gasteiger partial charge in [-0.25, -0.2) is 0 Å². The Morgan fingerprint density at radius 1 is 1.37 bits per heavy atom. The van der Waals surface area contributed by atoms with Gasteiger partial charge in [0, 0.05) is 12.6 Å². The van der Waals surface area contributed by atoms with Crippen molar-refractivity contribution < 1.29 is 4.79 Å². The smallest absolute Gasteiger partial charge is 0.194 e. The fourth-order valence-electron chi connectivity index (χ4n) is 1.54. The topological polar surface area (TPSA) is 47.8 Å². The van der Waals surface area contributed by atoms with Crippen LogP contribution in [0.1, 0.15) is 22.8 Å². The lowest BCUT2D eigenvalue weighted by Crippen LogP contribution is -1.94. The molecule has 0 amide bonds. The van der Waals surface area contributed by atoms with E-state index in [1.165, 1.54) is 17.3 Å². The Kier molecular flexibility index (Phi) is 4.52. The van der Waals surface area contributed by atoms with Crippen molar-refractivity contribution in [2.75, 3.05) is 0 Å². The average molecular weight is 273 g/mol. The van der Waals surface area contributed by atoms with E-state index in [9.17, 15) is 4.79 Å². The molecule has 0 spiro atoms. The minimum Gasteiger partial charge on any atom is -0.312 e. The molecule has 1 aromatic carbocycles. The van der Waals surface area contributed by atoms with E-state index < -0.39 is 0 Å². The molecule has 5 heteroatoms. The second-order valence-electron chi connectivity index (χ2n) is 4.06. The van der Waals surface area contributed by atoms with E-state index in [-0.39, 0.29) is 5.78 Å². The highest BCUT2D eigenvalue weighted by Gasteiger charge is 2.02. The van der Waals surface area contributed by atoms with Gasteiger partial charge in [-0.05, 0) is 23.5 Å². The summed E-state index contributed by atoms with van der Waals surface area (Å²) in [6, 6.07) is 7.69. The quantitative estimate of drug-likeness (QED) is 0.477. The van der Waals surface area contributed by atoms with Gasteiger partial charge >= 0.3 is 0 Å². The fourth-order valence-corrected chi connectivity index (χ4v) is 2.16. The molecule has 1 heterocycles. The molecule has 0 saturated carbocycles. The molecule has 0 fully saturated rings. The number of ketones is 1. The van der Waals surface area contributed by atoms with Crippen LogP contribution in [0.15, 0.2) is 47.2 Å². The third kappa shape index (κ3) is 3.54. The second kappa shape index (κ2) is 6.33. The van der Waals surface area contributed by atoms with Crippen LogP contribution in [-0.4, -0.2) is 20.5 Å². The molecular weight excluding hydrogens is 258 g/mol. The molecule has 2 aromatic rings. The predicted molar refractivity (Wildman–Crippen MR) is 76.2 cm³/mol. The minimum atomic E-state index is -0.00248. The van der Waals surface area contributed by atoms with Gasteiger partial charge in [-0.15, -0.1) is 10.2 Å². The first kappa shape index (κ1) is 13.5. The lowest BCUT2D eigenvalue weighted by molar-refractivity contribution is 0.104. The molecule has 0 unspecified atom stereocenters. The molecule has 1 aromatic heterocycles. The molecule has 0 aliphatic heterocycles. The van der Waals surface area contributed by atoms with Crippen molar-refractivity contribution in [3.05, 3.63) is 53.2 Å². The first-order valence-corrected chi connectivity index (χ1v) is 6.89. The van der Waals surface area contributed by atoms with Gasteiger partial charge in [-0.2, -0.15) is 0 Å². The number of aryl methyl sites for hydroxylation is 2. The Balaban J connectivity index is 1.98. The number of hydrogen-bond acceptors (Lipinski definition) is 4. The highest BCUT2D eigenvalue weighted by Crippen LogP contribution is 2.15. The lowest BCUT2D eigenvalue weighted by atomic mass is 10.1. The van der Waals surface area contributed by atoms with E-state index >= 15 is 0 Å². The van der Waals surface area contributed by atoms with E-state index in [4.69, 9.17) is 0 Å². The van der Waals surface area contributed by atoms with Crippen LogP contribution in [0.25, 0.3) is 0 Å².